The van der Waals surface area contributed by atoms with Gasteiger partial charge in [-0.1, -0.05) is 204 Å². The average Bonchev–Trinajstić information content (AvgIpc) is 3.27. The molecule has 0 aromatic rings. The molecule has 0 fully saturated rings. The first-order valence-corrected chi connectivity index (χ1v) is 28.8. The zero-order chi connectivity index (χ0) is 48.5. The minimum Gasteiger partial charge on any atom is -0.756 e. The van der Waals surface area contributed by atoms with Crippen LogP contribution in [0.15, 0.2) is 48.6 Å². The summed E-state index contributed by atoms with van der Waals surface area (Å²) in [6.07, 6.45) is 58.5. The van der Waals surface area contributed by atoms with Crippen LogP contribution in [0.1, 0.15) is 245 Å². The van der Waals surface area contributed by atoms with Crippen LogP contribution < -0.4 is 4.89 Å². The first kappa shape index (κ1) is 64.0. The standard InChI is InChI=1S/C56H104NO8P/c1-6-8-10-12-14-16-18-20-22-24-26-27-28-29-31-33-35-37-39-41-43-45-47-49-56(59)65-54(53-64-66(60,61)63-51-50-57(3,4)5)52-62-55(58)48-46-44-42-40-38-36-34-32-30-25-23-21-19-17-15-13-11-9-7-2/h18,20-21,23-24,26,28-29,54H,6-17,19,22,25,27,30-53H2,1-5H3/b20-18-,23-21-,26-24-,29-28-. The maximum absolute atomic E-state index is 12.8. The molecule has 10 heteroatoms. The second-order valence-corrected chi connectivity index (χ2v) is 21.0. The first-order valence-electron chi connectivity index (χ1n) is 27.3. The molecule has 0 saturated carbocycles. The molecule has 0 saturated heterocycles. The van der Waals surface area contributed by atoms with Gasteiger partial charge in [0.2, 0.25) is 0 Å². The van der Waals surface area contributed by atoms with Crippen molar-refractivity contribution in [3.05, 3.63) is 48.6 Å². The molecule has 66 heavy (non-hydrogen) atoms. The zero-order valence-corrected chi connectivity index (χ0v) is 44.5. The molecule has 0 N–H and O–H groups in total. The Hall–Kier alpha value is -2.03. The maximum Gasteiger partial charge on any atom is 0.306 e. The Kier molecular flexibility index (Phi) is 46.5. The fourth-order valence-corrected chi connectivity index (χ4v) is 8.27. The Morgan fingerprint density at radius 3 is 1.23 bits per heavy atom. The third kappa shape index (κ3) is 51.4. The van der Waals surface area contributed by atoms with Gasteiger partial charge in [-0.3, -0.25) is 14.2 Å². The molecule has 0 aliphatic rings. The normalized spacial score (nSPS) is 13.7. The second-order valence-electron chi connectivity index (χ2n) is 19.6. The van der Waals surface area contributed by atoms with Crippen LogP contribution in [-0.2, 0) is 32.7 Å². The van der Waals surface area contributed by atoms with Gasteiger partial charge >= 0.3 is 11.9 Å². The van der Waals surface area contributed by atoms with Gasteiger partial charge in [0.05, 0.1) is 27.7 Å². The predicted molar refractivity (Wildman–Crippen MR) is 277 cm³/mol. The van der Waals surface area contributed by atoms with Crippen molar-refractivity contribution in [2.75, 3.05) is 47.5 Å². The molecule has 2 unspecified atom stereocenters. The van der Waals surface area contributed by atoms with Crippen molar-refractivity contribution in [2.45, 2.75) is 251 Å². The minimum atomic E-state index is -4.64. The van der Waals surface area contributed by atoms with Gasteiger partial charge in [0.1, 0.15) is 19.8 Å². The van der Waals surface area contributed by atoms with E-state index in [4.69, 9.17) is 18.5 Å². The van der Waals surface area contributed by atoms with Gasteiger partial charge in [-0.25, -0.2) is 0 Å². The summed E-state index contributed by atoms with van der Waals surface area (Å²) in [6, 6.07) is 0. The number of rotatable bonds is 50. The lowest BCUT2D eigenvalue weighted by atomic mass is 10.1. The van der Waals surface area contributed by atoms with Crippen molar-refractivity contribution in [1.29, 1.82) is 0 Å². The van der Waals surface area contributed by atoms with Crippen molar-refractivity contribution >= 4 is 19.8 Å². The van der Waals surface area contributed by atoms with Crippen molar-refractivity contribution in [1.82, 2.24) is 0 Å². The zero-order valence-electron chi connectivity index (χ0n) is 43.6. The molecule has 0 rings (SSSR count). The summed E-state index contributed by atoms with van der Waals surface area (Å²) < 4.78 is 34.1. The van der Waals surface area contributed by atoms with E-state index in [9.17, 15) is 19.0 Å². The van der Waals surface area contributed by atoms with Crippen LogP contribution in [0.2, 0.25) is 0 Å². The number of hydrogen-bond acceptors (Lipinski definition) is 8. The van der Waals surface area contributed by atoms with Gasteiger partial charge in [0.25, 0.3) is 7.82 Å². The van der Waals surface area contributed by atoms with Gasteiger partial charge < -0.3 is 27.9 Å². The monoisotopic (exact) mass is 950 g/mol. The van der Waals surface area contributed by atoms with E-state index in [1.54, 1.807) is 0 Å². The van der Waals surface area contributed by atoms with Crippen molar-refractivity contribution in [3.63, 3.8) is 0 Å². The lowest BCUT2D eigenvalue weighted by Crippen LogP contribution is -2.37. The highest BCUT2D eigenvalue weighted by Gasteiger charge is 2.21. The third-order valence-electron chi connectivity index (χ3n) is 11.8. The number of ether oxygens (including phenoxy) is 2. The van der Waals surface area contributed by atoms with E-state index in [0.717, 1.165) is 57.8 Å². The molecule has 0 spiro atoms. The predicted octanol–water partition coefficient (Wildman–Crippen LogP) is 16.0. The summed E-state index contributed by atoms with van der Waals surface area (Å²) in [5.74, 6) is -0.839. The molecule has 0 aromatic heterocycles. The van der Waals surface area contributed by atoms with Crippen LogP contribution in [0.25, 0.3) is 0 Å². The van der Waals surface area contributed by atoms with E-state index < -0.39 is 26.5 Å². The molecule has 0 heterocycles. The Morgan fingerprint density at radius 2 is 0.818 bits per heavy atom. The number of likely N-dealkylation sites (N-methyl/N-ethyl adjacent to an activating group) is 1. The molecular weight excluding hydrogens is 846 g/mol. The molecule has 0 aromatic carbocycles. The van der Waals surface area contributed by atoms with E-state index in [-0.39, 0.29) is 32.0 Å². The highest BCUT2D eigenvalue weighted by atomic mass is 31.2. The van der Waals surface area contributed by atoms with Crippen molar-refractivity contribution in [3.8, 4) is 0 Å². The second kappa shape index (κ2) is 48.0. The number of nitrogens with zero attached hydrogens (tertiary/aromatic N) is 1. The Morgan fingerprint density at radius 1 is 0.470 bits per heavy atom. The fraction of sp³-hybridized carbons (Fsp3) is 0.821. The summed E-state index contributed by atoms with van der Waals surface area (Å²) in [5, 5.41) is 0. The highest BCUT2D eigenvalue weighted by Crippen LogP contribution is 2.38. The lowest BCUT2D eigenvalue weighted by molar-refractivity contribution is -0.870. The van der Waals surface area contributed by atoms with Crippen LogP contribution in [-0.4, -0.2) is 70.0 Å². The molecule has 0 bridgehead atoms. The quantitative estimate of drug-likeness (QED) is 0.0195. The molecule has 386 valence electrons. The minimum absolute atomic E-state index is 0.0334. The first-order chi connectivity index (χ1) is 32.0. The number of phosphoric ester groups is 1. The highest BCUT2D eigenvalue weighted by molar-refractivity contribution is 7.45. The third-order valence-corrected chi connectivity index (χ3v) is 12.8. The van der Waals surface area contributed by atoms with Crippen LogP contribution in [0, 0.1) is 0 Å². The summed E-state index contributed by atoms with van der Waals surface area (Å²) in [6.45, 7) is 4.23. The Balaban J connectivity index is 4.23. The van der Waals surface area contributed by atoms with E-state index in [2.05, 4.69) is 62.5 Å². The summed E-state index contributed by atoms with van der Waals surface area (Å²) in [7, 11) is 1.16. The van der Waals surface area contributed by atoms with Gasteiger partial charge in [0, 0.05) is 12.8 Å². The molecule has 0 amide bonds. The number of quaternary nitrogens is 1. The lowest BCUT2D eigenvalue weighted by Gasteiger charge is -2.28. The van der Waals surface area contributed by atoms with Crippen LogP contribution in [0.3, 0.4) is 0 Å². The fourth-order valence-electron chi connectivity index (χ4n) is 7.54. The van der Waals surface area contributed by atoms with E-state index in [1.807, 2.05) is 21.1 Å². The molecule has 0 aliphatic heterocycles. The summed E-state index contributed by atoms with van der Waals surface area (Å²) in [5.41, 5.74) is 0. The molecule has 2 atom stereocenters. The molecule has 9 nitrogen and oxygen atoms in total. The number of unbranched alkanes of at least 4 members (excludes halogenated alkanes) is 28. The van der Waals surface area contributed by atoms with Gasteiger partial charge in [-0.2, -0.15) is 0 Å². The van der Waals surface area contributed by atoms with Crippen LogP contribution in [0.4, 0.5) is 0 Å². The largest absolute Gasteiger partial charge is 0.756 e. The van der Waals surface area contributed by atoms with Gasteiger partial charge in [-0.15, -0.1) is 0 Å². The van der Waals surface area contributed by atoms with Gasteiger partial charge in [-0.05, 0) is 77.0 Å². The number of hydrogen-bond donors (Lipinski definition) is 0. The van der Waals surface area contributed by atoms with Gasteiger partial charge in [0.15, 0.2) is 6.10 Å². The van der Waals surface area contributed by atoms with E-state index in [1.165, 1.54) is 154 Å². The maximum atomic E-state index is 12.8. The topological polar surface area (TPSA) is 111 Å². The average molecular weight is 950 g/mol. The van der Waals surface area contributed by atoms with E-state index in [0.29, 0.717) is 17.4 Å². The number of esters is 2. The molecule has 0 aliphatic carbocycles. The number of phosphoric acid groups is 1. The van der Waals surface area contributed by atoms with E-state index >= 15 is 0 Å². The number of carbonyl (C=O) groups is 2. The Labute approximate surface area is 407 Å². The smallest absolute Gasteiger partial charge is 0.306 e. The van der Waals surface area contributed by atoms with Crippen molar-refractivity contribution in [2.24, 2.45) is 0 Å². The molecular formula is C56H104NO8P. The summed E-state index contributed by atoms with van der Waals surface area (Å²) in [4.78, 5) is 37.8. The Bertz CT molecular complexity index is 1260. The number of allylic oxidation sites excluding steroid dienone is 8. The van der Waals surface area contributed by atoms with Crippen LogP contribution >= 0.6 is 7.82 Å². The van der Waals surface area contributed by atoms with Crippen molar-refractivity contribution < 1.29 is 42.1 Å². The summed E-state index contributed by atoms with van der Waals surface area (Å²) >= 11 is 0. The number of carbonyl (C=O) groups excluding carboxylic acids is 2. The molecule has 0 radical (unpaired) electrons. The SMILES string of the molecule is CCCCCCC/C=C\C/C=C\C/C=C\CCCCCCCCCCC(=O)OC(COC(=O)CCCCCCCCCCC/C=C\CCCCCCCC)COP(=O)([O-])OCC[N+](C)(C)C. The van der Waals surface area contributed by atoms with Crippen LogP contribution in [0.5, 0.6) is 0 Å².